The van der Waals surface area contributed by atoms with Crippen LogP contribution in [-0.4, -0.2) is 64.0 Å². The molecule has 3 aliphatic heterocycles. The second-order valence-electron chi connectivity index (χ2n) is 11.0. The molecular weight excluding hydrogens is 574 g/mol. The SMILES string of the molecule is C[n+]1ccc(N2CCC(=CC3=C(C(=O)[O-])N4C(=O)[C@@H](NC(=O)C(=NOC5CCCC5)c5csc(N)n5)[C@H]4CC3)C2=O)cc1. The highest BCUT2D eigenvalue weighted by atomic mass is 32.1. The van der Waals surface area contributed by atoms with E-state index in [2.05, 4.69) is 15.5 Å². The number of hydrogen-bond donors (Lipinski definition) is 2. The Bertz CT molecular complexity index is 1570. The van der Waals surface area contributed by atoms with Gasteiger partial charge in [0.2, 0.25) is 0 Å². The van der Waals surface area contributed by atoms with E-state index >= 15 is 0 Å². The molecule has 0 bridgehead atoms. The molecule has 5 heterocycles. The number of anilines is 2. The fraction of sp³-hybridized carbons (Fsp3) is 0.414. The number of oxime groups is 1. The zero-order valence-electron chi connectivity index (χ0n) is 23.5. The third-order valence-corrected chi connectivity index (χ3v) is 8.95. The van der Waals surface area contributed by atoms with Gasteiger partial charge in [-0.1, -0.05) is 5.16 Å². The Morgan fingerprint density at radius 2 is 1.95 bits per heavy atom. The molecule has 1 aliphatic carbocycles. The van der Waals surface area contributed by atoms with Crippen molar-refractivity contribution in [3.05, 3.63) is 58.5 Å². The first-order valence-electron chi connectivity index (χ1n) is 14.2. The van der Waals surface area contributed by atoms with E-state index < -0.39 is 29.9 Å². The number of nitrogens with two attached hydrogens (primary N) is 1. The molecule has 4 aliphatic rings. The van der Waals surface area contributed by atoms with Gasteiger partial charge in [-0.3, -0.25) is 14.4 Å². The summed E-state index contributed by atoms with van der Waals surface area (Å²) in [6, 6.07) is 2.12. The quantitative estimate of drug-likeness (QED) is 0.140. The van der Waals surface area contributed by atoms with Crippen molar-refractivity contribution in [3.8, 4) is 0 Å². The topological polar surface area (TPSA) is 174 Å². The number of carbonyl (C=O) groups is 4. The number of amides is 3. The number of hydrogen-bond acceptors (Lipinski definition) is 10. The summed E-state index contributed by atoms with van der Waals surface area (Å²) in [5.74, 6) is -2.98. The molecule has 2 aromatic heterocycles. The fourth-order valence-corrected chi connectivity index (χ4v) is 6.58. The van der Waals surface area contributed by atoms with Gasteiger partial charge in [-0.15, -0.1) is 11.3 Å². The van der Waals surface area contributed by atoms with Crippen molar-refractivity contribution in [1.29, 1.82) is 0 Å². The highest BCUT2D eigenvalue weighted by Gasteiger charge is 2.52. The minimum absolute atomic E-state index is 0.0977. The lowest BCUT2D eigenvalue weighted by atomic mass is 9.82. The highest BCUT2D eigenvalue weighted by molar-refractivity contribution is 7.13. The average molecular weight is 606 g/mol. The van der Waals surface area contributed by atoms with Crippen molar-refractivity contribution in [1.82, 2.24) is 15.2 Å². The van der Waals surface area contributed by atoms with Crippen LogP contribution in [0.3, 0.4) is 0 Å². The standard InChI is InChI=1S/C29H31N7O6S/c1-34-11-9-18(10-12-34)35-13-8-17(26(35)38)14-16-6-7-21-23(27(39)36(21)24(16)28(40)41)32-25(37)22(20-15-43-29(30)31-20)33-42-19-4-2-3-5-19/h9-12,14-15,19,21,23H,2-8,13H2,1H3,(H3-,30,31,32,37,40,41)/t21-,23+/m1/s1. The molecule has 224 valence electrons. The fourth-order valence-electron chi connectivity index (χ4n) is 6.03. The summed E-state index contributed by atoms with van der Waals surface area (Å²) in [5, 5.41) is 20.9. The number of nitrogen functional groups attached to an aromatic ring is 1. The Kier molecular flexibility index (Phi) is 7.69. The minimum Gasteiger partial charge on any atom is -0.543 e. The van der Waals surface area contributed by atoms with Gasteiger partial charge in [0, 0.05) is 29.6 Å². The predicted octanol–water partition coefficient (Wildman–Crippen LogP) is 0.0698. The van der Waals surface area contributed by atoms with E-state index in [1.54, 1.807) is 16.4 Å². The molecule has 3 N–H and O–H groups in total. The molecule has 1 saturated carbocycles. The summed E-state index contributed by atoms with van der Waals surface area (Å²) < 4.78 is 1.86. The van der Waals surface area contributed by atoms with Crippen LogP contribution in [-0.2, 0) is 31.1 Å². The maximum Gasteiger partial charge on any atom is 0.276 e. The van der Waals surface area contributed by atoms with Crippen LogP contribution in [0, 0.1) is 0 Å². The number of nitrogens with one attached hydrogen (secondary N) is 1. The first-order chi connectivity index (χ1) is 20.7. The van der Waals surface area contributed by atoms with Crippen LogP contribution in [0.2, 0.25) is 0 Å². The normalized spacial score (nSPS) is 23.6. The molecule has 0 spiro atoms. The second-order valence-corrected chi connectivity index (χ2v) is 11.9. The molecule has 13 nitrogen and oxygen atoms in total. The summed E-state index contributed by atoms with van der Waals surface area (Å²) in [6.07, 6.45) is 9.97. The van der Waals surface area contributed by atoms with Crippen molar-refractivity contribution in [2.75, 3.05) is 17.2 Å². The lowest BCUT2D eigenvalue weighted by molar-refractivity contribution is -0.671. The molecule has 14 heteroatoms. The lowest BCUT2D eigenvalue weighted by Crippen LogP contribution is -2.72. The van der Waals surface area contributed by atoms with Crippen LogP contribution in [0.1, 0.15) is 50.6 Å². The Hall–Kier alpha value is -4.59. The van der Waals surface area contributed by atoms with Gasteiger partial charge in [0.05, 0.1) is 23.4 Å². The molecule has 2 aromatic rings. The van der Waals surface area contributed by atoms with Gasteiger partial charge in [-0.25, -0.2) is 9.55 Å². The number of thiazole rings is 1. The van der Waals surface area contributed by atoms with E-state index in [-0.39, 0.29) is 40.7 Å². The second kappa shape index (κ2) is 11.6. The average Bonchev–Trinajstić information content (AvgIpc) is 3.75. The molecule has 6 rings (SSSR count). The van der Waals surface area contributed by atoms with Crippen molar-refractivity contribution in [3.63, 3.8) is 0 Å². The number of aromatic nitrogens is 2. The van der Waals surface area contributed by atoms with Crippen LogP contribution in [0.25, 0.3) is 0 Å². The number of carboxylic acid groups (broad SMARTS) is 1. The Labute approximate surface area is 251 Å². The van der Waals surface area contributed by atoms with Crippen molar-refractivity contribution in [2.24, 2.45) is 12.2 Å². The molecular formula is C29H31N7O6S. The third kappa shape index (κ3) is 5.49. The number of allylic oxidation sites excluding steroid dienone is 2. The van der Waals surface area contributed by atoms with Gasteiger partial charge in [0.1, 0.15) is 24.9 Å². The molecule has 43 heavy (non-hydrogen) atoms. The third-order valence-electron chi connectivity index (χ3n) is 8.27. The largest absolute Gasteiger partial charge is 0.543 e. The number of fused-ring (bicyclic) bond motifs is 1. The van der Waals surface area contributed by atoms with E-state index in [1.165, 1.54) is 0 Å². The molecule has 0 unspecified atom stereocenters. The Morgan fingerprint density at radius 1 is 1.21 bits per heavy atom. The van der Waals surface area contributed by atoms with Crippen LogP contribution >= 0.6 is 11.3 Å². The van der Waals surface area contributed by atoms with Crippen LogP contribution < -0.4 is 25.6 Å². The van der Waals surface area contributed by atoms with Gasteiger partial charge < -0.3 is 35.6 Å². The van der Waals surface area contributed by atoms with E-state index in [0.717, 1.165) is 47.6 Å². The van der Waals surface area contributed by atoms with Gasteiger partial charge >= 0.3 is 0 Å². The van der Waals surface area contributed by atoms with Crippen molar-refractivity contribution >= 4 is 51.6 Å². The zero-order valence-corrected chi connectivity index (χ0v) is 24.3. The van der Waals surface area contributed by atoms with E-state index in [9.17, 15) is 24.3 Å². The monoisotopic (exact) mass is 605 g/mol. The van der Waals surface area contributed by atoms with E-state index in [4.69, 9.17) is 10.6 Å². The number of aryl methyl sites for hydroxylation is 1. The molecule has 3 fully saturated rings. The molecule has 2 saturated heterocycles. The van der Waals surface area contributed by atoms with E-state index in [0.29, 0.717) is 30.5 Å². The number of carboxylic acids is 1. The highest BCUT2D eigenvalue weighted by Crippen LogP contribution is 2.38. The van der Waals surface area contributed by atoms with Crippen LogP contribution in [0.5, 0.6) is 0 Å². The molecule has 3 amide bonds. The lowest BCUT2D eigenvalue weighted by Gasteiger charge is -2.51. The first-order valence-corrected chi connectivity index (χ1v) is 15.1. The van der Waals surface area contributed by atoms with Crippen LogP contribution in [0.4, 0.5) is 10.8 Å². The number of aliphatic carboxylic acids is 1. The minimum atomic E-state index is -1.52. The van der Waals surface area contributed by atoms with Gasteiger partial charge in [0.25, 0.3) is 17.7 Å². The van der Waals surface area contributed by atoms with Crippen molar-refractivity contribution in [2.45, 2.75) is 63.1 Å². The molecule has 2 atom stereocenters. The Morgan fingerprint density at radius 3 is 2.63 bits per heavy atom. The summed E-state index contributed by atoms with van der Waals surface area (Å²) in [7, 11) is 1.88. The number of pyridine rings is 1. The summed E-state index contributed by atoms with van der Waals surface area (Å²) in [6.45, 7) is 0.463. The number of rotatable bonds is 8. The summed E-state index contributed by atoms with van der Waals surface area (Å²) in [5.41, 5.74) is 7.19. The zero-order chi connectivity index (χ0) is 30.2. The summed E-state index contributed by atoms with van der Waals surface area (Å²) in [4.78, 5) is 64.6. The van der Waals surface area contributed by atoms with Gasteiger partial charge in [-0.05, 0) is 56.6 Å². The maximum atomic E-state index is 13.3. The predicted molar refractivity (Wildman–Crippen MR) is 153 cm³/mol. The Balaban J connectivity index is 1.19. The van der Waals surface area contributed by atoms with Gasteiger partial charge in [0.15, 0.2) is 23.2 Å². The number of carbonyl (C=O) groups excluding carboxylic acids is 4. The smallest absolute Gasteiger partial charge is 0.276 e. The summed E-state index contributed by atoms with van der Waals surface area (Å²) >= 11 is 1.15. The molecule has 0 aromatic carbocycles. The molecule has 0 radical (unpaired) electrons. The first kappa shape index (κ1) is 28.5. The van der Waals surface area contributed by atoms with Crippen molar-refractivity contribution < 1.29 is 33.7 Å². The maximum absolute atomic E-state index is 13.3. The number of β-lactam (4-membered cyclic amide) rings is 1. The van der Waals surface area contributed by atoms with E-state index in [1.807, 2.05) is 36.1 Å². The van der Waals surface area contributed by atoms with Crippen LogP contribution in [0.15, 0.2) is 58.0 Å². The van der Waals surface area contributed by atoms with Gasteiger partial charge in [-0.2, -0.15) is 0 Å². The number of nitrogens with zero attached hydrogens (tertiary/aromatic N) is 5.